The van der Waals surface area contributed by atoms with Gasteiger partial charge in [0.1, 0.15) is 11.4 Å². The standard InChI is InChI=1S/C15H22O/c1-5-15(6-2)11-14(3,4)16-13-10-8-7-9-12(13)15/h7-10H,5-6,11H2,1-4H3. The van der Waals surface area contributed by atoms with Gasteiger partial charge in [0.15, 0.2) is 0 Å². The van der Waals surface area contributed by atoms with E-state index in [4.69, 9.17) is 4.74 Å². The summed E-state index contributed by atoms with van der Waals surface area (Å²) in [4.78, 5) is 0. The molecule has 2 rings (SSSR count). The summed E-state index contributed by atoms with van der Waals surface area (Å²) in [6, 6.07) is 8.53. The molecule has 0 N–H and O–H groups in total. The third-order valence-electron chi connectivity index (χ3n) is 3.96. The van der Waals surface area contributed by atoms with Crippen LogP contribution in [0.3, 0.4) is 0 Å². The minimum atomic E-state index is -0.0413. The molecule has 1 heterocycles. The van der Waals surface area contributed by atoms with E-state index in [1.807, 2.05) is 0 Å². The Morgan fingerprint density at radius 3 is 2.38 bits per heavy atom. The van der Waals surface area contributed by atoms with Crippen LogP contribution in [0.2, 0.25) is 0 Å². The Hall–Kier alpha value is -0.980. The molecule has 0 aliphatic carbocycles. The first-order valence-corrected chi connectivity index (χ1v) is 6.31. The van der Waals surface area contributed by atoms with Gasteiger partial charge in [-0.2, -0.15) is 0 Å². The maximum Gasteiger partial charge on any atom is 0.123 e. The van der Waals surface area contributed by atoms with E-state index in [-0.39, 0.29) is 5.60 Å². The monoisotopic (exact) mass is 218 g/mol. The molecule has 0 atom stereocenters. The highest BCUT2D eigenvalue weighted by Crippen LogP contribution is 2.48. The molecule has 0 amide bonds. The van der Waals surface area contributed by atoms with Crippen molar-refractivity contribution in [2.45, 2.75) is 58.0 Å². The molecule has 0 saturated heterocycles. The Labute approximate surface area is 98.8 Å². The average Bonchev–Trinajstić information content (AvgIpc) is 2.26. The van der Waals surface area contributed by atoms with Gasteiger partial charge in [-0.1, -0.05) is 32.0 Å². The zero-order valence-electron chi connectivity index (χ0n) is 10.8. The van der Waals surface area contributed by atoms with Gasteiger partial charge in [-0.15, -0.1) is 0 Å². The molecule has 0 aromatic heterocycles. The summed E-state index contributed by atoms with van der Waals surface area (Å²) >= 11 is 0. The molecular formula is C15H22O. The number of hydrogen-bond acceptors (Lipinski definition) is 1. The second-order valence-electron chi connectivity index (χ2n) is 5.52. The van der Waals surface area contributed by atoms with Crippen LogP contribution < -0.4 is 4.74 Å². The molecule has 1 nitrogen and oxygen atoms in total. The molecule has 1 aliphatic rings. The van der Waals surface area contributed by atoms with Gasteiger partial charge in [-0.25, -0.2) is 0 Å². The summed E-state index contributed by atoms with van der Waals surface area (Å²) in [6.07, 6.45) is 3.49. The molecule has 1 aromatic carbocycles. The Morgan fingerprint density at radius 2 is 1.75 bits per heavy atom. The maximum absolute atomic E-state index is 6.08. The zero-order valence-corrected chi connectivity index (χ0v) is 10.8. The first kappa shape index (κ1) is 11.5. The molecule has 1 aromatic rings. The van der Waals surface area contributed by atoms with Crippen molar-refractivity contribution in [1.29, 1.82) is 0 Å². The van der Waals surface area contributed by atoms with Crippen LogP contribution in [0, 0.1) is 0 Å². The van der Waals surface area contributed by atoms with Gasteiger partial charge in [0.2, 0.25) is 0 Å². The van der Waals surface area contributed by atoms with Crippen molar-refractivity contribution in [3.8, 4) is 5.75 Å². The minimum Gasteiger partial charge on any atom is -0.488 e. The minimum absolute atomic E-state index is 0.0413. The van der Waals surface area contributed by atoms with Gasteiger partial charge in [0.25, 0.3) is 0 Å². The van der Waals surface area contributed by atoms with Crippen LogP contribution in [0.4, 0.5) is 0 Å². The topological polar surface area (TPSA) is 9.23 Å². The van der Waals surface area contributed by atoms with Gasteiger partial charge < -0.3 is 4.74 Å². The first-order valence-electron chi connectivity index (χ1n) is 6.31. The van der Waals surface area contributed by atoms with Gasteiger partial charge in [-0.05, 0) is 39.2 Å². The van der Waals surface area contributed by atoms with Crippen LogP contribution in [0.15, 0.2) is 24.3 Å². The van der Waals surface area contributed by atoms with E-state index in [0.29, 0.717) is 5.41 Å². The molecule has 0 unspecified atom stereocenters. The normalized spacial score (nSPS) is 21.0. The Bertz CT molecular complexity index is 375. The van der Waals surface area contributed by atoms with Crippen molar-refractivity contribution in [3.05, 3.63) is 29.8 Å². The number of para-hydroxylation sites is 1. The van der Waals surface area contributed by atoms with Crippen molar-refractivity contribution in [2.75, 3.05) is 0 Å². The number of benzene rings is 1. The summed E-state index contributed by atoms with van der Waals surface area (Å²) in [5.74, 6) is 1.09. The van der Waals surface area contributed by atoms with E-state index in [9.17, 15) is 0 Å². The summed E-state index contributed by atoms with van der Waals surface area (Å²) in [6.45, 7) is 8.98. The van der Waals surface area contributed by atoms with Crippen molar-refractivity contribution in [2.24, 2.45) is 0 Å². The predicted octanol–water partition coefficient (Wildman–Crippen LogP) is 4.31. The van der Waals surface area contributed by atoms with Gasteiger partial charge in [-0.3, -0.25) is 0 Å². The molecule has 1 aliphatic heterocycles. The first-order chi connectivity index (χ1) is 7.53. The summed E-state index contributed by atoms with van der Waals surface area (Å²) < 4.78 is 6.08. The highest BCUT2D eigenvalue weighted by atomic mass is 16.5. The maximum atomic E-state index is 6.08. The van der Waals surface area contributed by atoms with Crippen LogP contribution in [0.1, 0.15) is 52.5 Å². The lowest BCUT2D eigenvalue weighted by Crippen LogP contribution is -2.43. The Morgan fingerprint density at radius 1 is 1.12 bits per heavy atom. The van der Waals surface area contributed by atoms with Crippen LogP contribution in [0.5, 0.6) is 5.75 Å². The lowest BCUT2D eigenvalue weighted by molar-refractivity contribution is 0.0408. The number of rotatable bonds is 2. The molecule has 0 bridgehead atoms. The van der Waals surface area contributed by atoms with E-state index in [1.54, 1.807) is 0 Å². The van der Waals surface area contributed by atoms with E-state index in [0.717, 1.165) is 12.2 Å². The van der Waals surface area contributed by atoms with Crippen LogP contribution in [-0.4, -0.2) is 5.60 Å². The van der Waals surface area contributed by atoms with Gasteiger partial charge in [0, 0.05) is 11.0 Å². The lowest BCUT2D eigenvalue weighted by atomic mass is 9.67. The van der Waals surface area contributed by atoms with Crippen molar-refractivity contribution in [1.82, 2.24) is 0 Å². The zero-order chi connectivity index (χ0) is 11.8. The van der Waals surface area contributed by atoms with Gasteiger partial charge in [0.05, 0.1) is 0 Å². The molecule has 0 fully saturated rings. The molecule has 0 spiro atoms. The van der Waals surface area contributed by atoms with Crippen molar-refractivity contribution < 1.29 is 4.74 Å². The van der Waals surface area contributed by atoms with Crippen LogP contribution in [0.25, 0.3) is 0 Å². The number of ether oxygens (including phenoxy) is 1. The molecule has 16 heavy (non-hydrogen) atoms. The molecule has 1 heteroatoms. The quantitative estimate of drug-likeness (QED) is 0.719. The summed E-state index contributed by atoms with van der Waals surface area (Å²) in [5.41, 5.74) is 1.66. The average molecular weight is 218 g/mol. The van der Waals surface area contributed by atoms with Crippen LogP contribution >= 0.6 is 0 Å². The molecule has 0 radical (unpaired) electrons. The summed E-state index contributed by atoms with van der Waals surface area (Å²) in [5, 5.41) is 0. The largest absolute Gasteiger partial charge is 0.488 e. The Balaban J connectivity index is 2.55. The number of fused-ring (bicyclic) bond motifs is 1. The van der Waals surface area contributed by atoms with E-state index >= 15 is 0 Å². The molecule has 88 valence electrons. The van der Waals surface area contributed by atoms with Crippen LogP contribution in [-0.2, 0) is 5.41 Å². The third-order valence-corrected chi connectivity index (χ3v) is 3.96. The predicted molar refractivity (Wildman–Crippen MR) is 68.0 cm³/mol. The second kappa shape index (κ2) is 3.80. The second-order valence-corrected chi connectivity index (χ2v) is 5.52. The number of hydrogen-bond donors (Lipinski definition) is 0. The highest BCUT2D eigenvalue weighted by molar-refractivity contribution is 5.42. The van der Waals surface area contributed by atoms with Crippen molar-refractivity contribution >= 4 is 0 Å². The van der Waals surface area contributed by atoms with E-state index in [2.05, 4.69) is 52.0 Å². The van der Waals surface area contributed by atoms with Crippen molar-refractivity contribution in [3.63, 3.8) is 0 Å². The fourth-order valence-corrected chi connectivity index (χ4v) is 3.12. The van der Waals surface area contributed by atoms with Gasteiger partial charge >= 0.3 is 0 Å². The lowest BCUT2D eigenvalue weighted by Gasteiger charge is -2.45. The Kier molecular flexibility index (Phi) is 2.73. The SMILES string of the molecule is CCC1(CC)CC(C)(C)Oc2ccccc21. The highest BCUT2D eigenvalue weighted by Gasteiger charge is 2.42. The molecular weight excluding hydrogens is 196 g/mol. The fourth-order valence-electron chi connectivity index (χ4n) is 3.12. The molecule has 0 saturated carbocycles. The fraction of sp³-hybridized carbons (Fsp3) is 0.600. The third kappa shape index (κ3) is 1.73. The van der Waals surface area contributed by atoms with E-state index in [1.165, 1.54) is 18.4 Å². The summed E-state index contributed by atoms with van der Waals surface area (Å²) in [7, 11) is 0. The smallest absolute Gasteiger partial charge is 0.123 e. The van der Waals surface area contributed by atoms with E-state index < -0.39 is 0 Å².